The van der Waals surface area contributed by atoms with Gasteiger partial charge in [0.1, 0.15) is 11.5 Å². The first-order valence-corrected chi connectivity index (χ1v) is 7.68. The highest BCUT2D eigenvalue weighted by atomic mass is 79.9. The summed E-state index contributed by atoms with van der Waals surface area (Å²) in [4.78, 5) is 8.65. The summed E-state index contributed by atoms with van der Waals surface area (Å²) < 4.78 is 40.7. The van der Waals surface area contributed by atoms with Gasteiger partial charge in [0.05, 0.1) is 11.3 Å². The zero-order chi connectivity index (χ0) is 16.9. The van der Waals surface area contributed by atoms with Gasteiger partial charge in [0.2, 0.25) is 0 Å². The highest BCUT2D eigenvalue weighted by molar-refractivity contribution is 9.10. The van der Waals surface area contributed by atoms with E-state index in [1.807, 2.05) is 18.4 Å². The monoisotopic (exact) mass is 383 g/mol. The van der Waals surface area contributed by atoms with Gasteiger partial charge in [-0.1, -0.05) is 0 Å². The number of fused-ring (bicyclic) bond motifs is 1. The Morgan fingerprint density at radius 2 is 1.83 bits per heavy atom. The molecule has 0 N–H and O–H groups in total. The Morgan fingerprint density at radius 1 is 1.13 bits per heavy atom. The number of aromatic nitrogens is 3. The van der Waals surface area contributed by atoms with Crippen molar-refractivity contribution in [1.29, 1.82) is 0 Å². The number of rotatable bonds is 1. The third-order valence-electron chi connectivity index (χ3n) is 3.90. The van der Waals surface area contributed by atoms with Crippen molar-refractivity contribution in [1.82, 2.24) is 14.5 Å². The predicted octanol–water partition coefficient (Wildman–Crippen LogP) is 5.13. The highest BCUT2D eigenvalue weighted by Gasteiger charge is 2.31. The summed E-state index contributed by atoms with van der Waals surface area (Å²) in [5.74, 6) is 0.610. The van der Waals surface area contributed by atoms with Crippen molar-refractivity contribution in [3.63, 3.8) is 0 Å². The quantitative estimate of drug-likeness (QED) is 0.583. The van der Waals surface area contributed by atoms with Crippen molar-refractivity contribution in [3.8, 4) is 5.69 Å². The molecule has 0 radical (unpaired) electrons. The number of hydrogen-bond acceptors (Lipinski definition) is 2. The van der Waals surface area contributed by atoms with Crippen molar-refractivity contribution in [2.24, 2.45) is 0 Å². The second-order valence-electron chi connectivity index (χ2n) is 5.36. The first-order valence-electron chi connectivity index (χ1n) is 6.88. The van der Waals surface area contributed by atoms with Gasteiger partial charge in [0.15, 0.2) is 0 Å². The predicted molar refractivity (Wildman–Crippen MR) is 85.8 cm³/mol. The van der Waals surface area contributed by atoms with E-state index >= 15 is 0 Å². The van der Waals surface area contributed by atoms with Crippen molar-refractivity contribution < 1.29 is 13.2 Å². The van der Waals surface area contributed by atoms with Crippen LogP contribution in [0.1, 0.15) is 22.6 Å². The smallest absolute Gasteiger partial charge is 0.297 e. The average molecular weight is 384 g/mol. The standard InChI is InChI=1S/C16H13BrF3N3/c1-8-9(2)23(15-12(8)7-21-10(3)22-15)14-5-4-11(6-13(14)17)16(18,19)20/h4-7H,1-3H3. The molecule has 0 amide bonds. The lowest BCUT2D eigenvalue weighted by atomic mass is 10.2. The minimum absolute atomic E-state index is 0.364. The van der Waals surface area contributed by atoms with E-state index in [1.165, 1.54) is 6.07 Å². The zero-order valence-corrected chi connectivity index (χ0v) is 14.2. The van der Waals surface area contributed by atoms with Crippen molar-refractivity contribution in [2.75, 3.05) is 0 Å². The van der Waals surface area contributed by atoms with Crippen molar-refractivity contribution >= 4 is 27.0 Å². The summed E-state index contributed by atoms with van der Waals surface area (Å²) >= 11 is 3.26. The molecule has 1 aromatic carbocycles. The van der Waals surface area contributed by atoms with Crippen LogP contribution in [0.3, 0.4) is 0 Å². The Hall–Kier alpha value is -1.89. The molecule has 7 heteroatoms. The molecule has 2 aromatic heterocycles. The lowest BCUT2D eigenvalue weighted by Crippen LogP contribution is -2.06. The van der Waals surface area contributed by atoms with Gasteiger partial charge in [-0.15, -0.1) is 0 Å². The van der Waals surface area contributed by atoms with E-state index in [2.05, 4.69) is 25.9 Å². The summed E-state index contributed by atoms with van der Waals surface area (Å²) in [5.41, 5.74) is 2.54. The fraction of sp³-hybridized carbons (Fsp3) is 0.250. The second kappa shape index (κ2) is 5.33. The van der Waals surface area contributed by atoms with Crippen LogP contribution >= 0.6 is 15.9 Å². The van der Waals surface area contributed by atoms with Gasteiger partial charge >= 0.3 is 6.18 Å². The molecular formula is C16H13BrF3N3. The molecule has 0 atom stereocenters. The van der Waals surface area contributed by atoms with E-state index in [9.17, 15) is 13.2 Å². The van der Waals surface area contributed by atoms with Crippen LogP contribution in [-0.2, 0) is 6.18 Å². The van der Waals surface area contributed by atoms with Crippen LogP contribution in [0, 0.1) is 20.8 Å². The van der Waals surface area contributed by atoms with E-state index < -0.39 is 11.7 Å². The maximum absolute atomic E-state index is 12.8. The van der Waals surface area contributed by atoms with Gasteiger partial charge in [-0.2, -0.15) is 13.2 Å². The first-order chi connectivity index (χ1) is 10.7. The molecule has 23 heavy (non-hydrogen) atoms. The first kappa shape index (κ1) is 16.0. The molecule has 3 nitrogen and oxygen atoms in total. The van der Waals surface area contributed by atoms with Gasteiger partial charge < -0.3 is 0 Å². The molecule has 2 heterocycles. The van der Waals surface area contributed by atoms with Gasteiger partial charge in [0, 0.05) is 21.7 Å². The summed E-state index contributed by atoms with van der Waals surface area (Å²) in [7, 11) is 0. The molecule has 0 unspecified atom stereocenters. The van der Waals surface area contributed by atoms with Crippen molar-refractivity contribution in [2.45, 2.75) is 26.9 Å². The SMILES string of the molecule is Cc1ncc2c(C)c(C)n(-c3ccc(C(F)(F)F)cc3Br)c2n1. The Kier molecular flexibility index (Phi) is 3.71. The largest absolute Gasteiger partial charge is 0.416 e. The summed E-state index contributed by atoms with van der Waals surface area (Å²) in [6, 6.07) is 3.62. The van der Waals surface area contributed by atoms with Crippen LogP contribution in [0.15, 0.2) is 28.9 Å². The third-order valence-corrected chi connectivity index (χ3v) is 4.53. The lowest BCUT2D eigenvalue weighted by molar-refractivity contribution is -0.137. The van der Waals surface area contributed by atoms with Crippen LogP contribution in [0.2, 0.25) is 0 Å². The number of hydrogen-bond donors (Lipinski definition) is 0. The van der Waals surface area contributed by atoms with Gasteiger partial charge in [-0.3, -0.25) is 4.57 Å². The van der Waals surface area contributed by atoms with E-state index in [1.54, 1.807) is 13.1 Å². The normalized spacial score (nSPS) is 12.1. The Balaban J connectivity index is 2.29. The minimum atomic E-state index is -4.37. The van der Waals surface area contributed by atoms with E-state index in [0.29, 0.717) is 21.6 Å². The van der Waals surface area contributed by atoms with Crippen molar-refractivity contribution in [3.05, 3.63) is 51.5 Å². The van der Waals surface area contributed by atoms with Gasteiger partial charge in [-0.25, -0.2) is 9.97 Å². The highest BCUT2D eigenvalue weighted by Crippen LogP contribution is 2.35. The van der Waals surface area contributed by atoms with E-state index in [-0.39, 0.29) is 0 Å². The average Bonchev–Trinajstić information content (AvgIpc) is 2.70. The number of alkyl halides is 3. The maximum Gasteiger partial charge on any atom is 0.416 e. The van der Waals surface area contributed by atoms with Gasteiger partial charge in [0.25, 0.3) is 0 Å². The molecule has 0 aliphatic rings. The number of benzene rings is 1. The lowest BCUT2D eigenvalue weighted by Gasteiger charge is -2.13. The molecule has 0 aliphatic carbocycles. The molecular weight excluding hydrogens is 371 g/mol. The van der Waals surface area contributed by atoms with Crippen LogP contribution in [-0.4, -0.2) is 14.5 Å². The molecule has 120 valence electrons. The minimum Gasteiger partial charge on any atom is -0.297 e. The Morgan fingerprint density at radius 3 is 2.43 bits per heavy atom. The topological polar surface area (TPSA) is 30.7 Å². The second-order valence-corrected chi connectivity index (χ2v) is 6.22. The van der Waals surface area contributed by atoms with Crippen LogP contribution < -0.4 is 0 Å². The Labute approximate surface area is 139 Å². The fourth-order valence-corrected chi connectivity index (χ4v) is 3.13. The van der Waals surface area contributed by atoms with Gasteiger partial charge in [-0.05, 0) is 60.5 Å². The maximum atomic E-state index is 12.8. The summed E-state index contributed by atoms with van der Waals surface area (Å²) in [6.45, 7) is 5.64. The summed E-state index contributed by atoms with van der Waals surface area (Å²) in [6.07, 6.45) is -2.63. The summed E-state index contributed by atoms with van der Waals surface area (Å²) in [5, 5.41) is 0.889. The number of halogens is 4. The van der Waals surface area contributed by atoms with E-state index in [0.717, 1.165) is 28.8 Å². The van der Waals surface area contributed by atoms with E-state index in [4.69, 9.17) is 0 Å². The molecule has 0 saturated heterocycles. The number of aryl methyl sites for hydroxylation is 2. The Bertz CT molecular complexity index is 913. The zero-order valence-electron chi connectivity index (χ0n) is 12.7. The van der Waals surface area contributed by atoms with Crippen LogP contribution in [0.4, 0.5) is 13.2 Å². The molecule has 0 spiro atoms. The molecule has 0 saturated carbocycles. The fourth-order valence-electron chi connectivity index (χ4n) is 2.57. The third kappa shape index (κ3) is 2.63. The molecule has 3 aromatic rings. The number of nitrogens with zero attached hydrogens (tertiary/aromatic N) is 3. The van der Waals surface area contributed by atoms with Crippen LogP contribution in [0.25, 0.3) is 16.7 Å². The van der Waals surface area contributed by atoms with Crippen LogP contribution in [0.5, 0.6) is 0 Å². The molecule has 0 fully saturated rings. The molecule has 0 bridgehead atoms. The molecule has 3 rings (SSSR count). The molecule has 0 aliphatic heterocycles.